The number of anilines is 1. The topological polar surface area (TPSA) is 64.9 Å². The molecule has 1 fully saturated rings. The number of ether oxygens (including phenoxy) is 1. The van der Waals surface area contributed by atoms with Gasteiger partial charge in [0.05, 0.1) is 36.3 Å². The molecule has 4 rings (SSSR count). The molecule has 0 aliphatic carbocycles. The summed E-state index contributed by atoms with van der Waals surface area (Å²) in [7, 11) is 0. The molecule has 0 bridgehead atoms. The molecule has 1 saturated heterocycles. The fourth-order valence-electron chi connectivity index (χ4n) is 2.64. The van der Waals surface area contributed by atoms with Gasteiger partial charge in [-0.25, -0.2) is 19.3 Å². The number of rotatable bonds is 5. The summed E-state index contributed by atoms with van der Waals surface area (Å²) < 4.78 is 45.9. The molecule has 1 aliphatic heterocycles. The molecule has 1 aromatic carbocycles. The van der Waals surface area contributed by atoms with Gasteiger partial charge in [-0.3, -0.25) is 4.57 Å². The van der Waals surface area contributed by atoms with Crippen molar-refractivity contribution in [3.8, 4) is 22.6 Å². The van der Waals surface area contributed by atoms with Crippen LogP contribution in [0.2, 0.25) is 0 Å². The van der Waals surface area contributed by atoms with Crippen molar-refractivity contribution < 1.29 is 17.9 Å². The number of hydrogen-bond acceptors (Lipinski definition) is 5. The maximum atomic E-state index is 13.5. The van der Waals surface area contributed by atoms with Crippen molar-refractivity contribution in [3.63, 3.8) is 0 Å². The third-order valence-electron chi connectivity index (χ3n) is 3.99. The Hall–Kier alpha value is -2.94. The van der Waals surface area contributed by atoms with Crippen molar-refractivity contribution >= 4 is 5.95 Å². The number of hydrogen-bond donors (Lipinski definition) is 1. The summed E-state index contributed by atoms with van der Waals surface area (Å²) in [5.74, 6) is -0.0947. The molecule has 2 aromatic heterocycles. The summed E-state index contributed by atoms with van der Waals surface area (Å²) in [5.41, 5.74) is 1.24. The lowest BCUT2D eigenvalue weighted by Crippen LogP contribution is -2.40. The number of nitrogens with one attached hydrogen (secondary N) is 1. The highest BCUT2D eigenvalue weighted by atomic mass is 19.3. The van der Waals surface area contributed by atoms with Gasteiger partial charge in [0.1, 0.15) is 12.1 Å². The van der Waals surface area contributed by atoms with Crippen LogP contribution in [-0.4, -0.2) is 38.8 Å². The fourth-order valence-corrected chi connectivity index (χ4v) is 2.64. The molecule has 1 aliphatic rings. The van der Waals surface area contributed by atoms with Gasteiger partial charge in [-0.2, -0.15) is 8.78 Å². The maximum absolute atomic E-state index is 13.5. The summed E-state index contributed by atoms with van der Waals surface area (Å²) in [6, 6.07) is 7.12. The van der Waals surface area contributed by atoms with Crippen molar-refractivity contribution in [1.82, 2.24) is 19.5 Å². The Kier molecular flexibility index (Phi) is 4.29. The van der Waals surface area contributed by atoms with Gasteiger partial charge in [-0.1, -0.05) is 0 Å². The van der Waals surface area contributed by atoms with Crippen LogP contribution >= 0.6 is 0 Å². The smallest absolute Gasteiger partial charge is 0.320 e. The van der Waals surface area contributed by atoms with Gasteiger partial charge >= 0.3 is 6.55 Å². The SMILES string of the molecule is Fc1ccc(-c2ncn(C(F)F)c2-c2ccnc(NC3COC3)n2)cc1. The molecule has 6 nitrogen and oxygen atoms in total. The number of alkyl halides is 2. The van der Waals surface area contributed by atoms with E-state index < -0.39 is 12.4 Å². The fraction of sp³-hybridized carbons (Fsp3) is 0.235. The zero-order chi connectivity index (χ0) is 18.1. The normalized spacial score (nSPS) is 14.5. The second-order valence-electron chi connectivity index (χ2n) is 5.78. The number of aromatic nitrogens is 4. The molecule has 9 heteroatoms. The number of imidazole rings is 1. The van der Waals surface area contributed by atoms with E-state index in [1.807, 2.05) is 0 Å². The maximum Gasteiger partial charge on any atom is 0.320 e. The number of benzene rings is 1. The minimum absolute atomic E-state index is 0.0989. The Bertz CT molecular complexity index is 909. The molecule has 3 heterocycles. The largest absolute Gasteiger partial charge is 0.377 e. The van der Waals surface area contributed by atoms with E-state index in [2.05, 4.69) is 20.3 Å². The zero-order valence-corrected chi connectivity index (χ0v) is 13.4. The van der Waals surface area contributed by atoms with E-state index in [-0.39, 0.29) is 11.7 Å². The van der Waals surface area contributed by atoms with E-state index in [0.29, 0.717) is 36.1 Å². The second-order valence-corrected chi connectivity index (χ2v) is 5.78. The van der Waals surface area contributed by atoms with Gasteiger partial charge < -0.3 is 10.1 Å². The number of halogens is 3. The molecule has 26 heavy (non-hydrogen) atoms. The Morgan fingerprint density at radius 1 is 1.12 bits per heavy atom. The molecular formula is C17H14F3N5O. The van der Waals surface area contributed by atoms with Crippen LogP contribution in [0.3, 0.4) is 0 Å². The minimum Gasteiger partial charge on any atom is -0.377 e. The summed E-state index contributed by atoms with van der Waals surface area (Å²) in [6.45, 7) is -1.70. The predicted octanol–water partition coefficient (Wildman–Crippen LogP) is 3.35. The Morgan fingerprint density at radius 3 is 2.54 bits per heavy atom. The standard InChI is InChI=1S/C17H14F3N5O/c18-11-3-1-10(2-4-11)14-15(25(9-22-14)16(19)20)13-5-6-21-17(24-13)23-12-7-26-8-12/h1-6,9,12,16H,7-8H2,(H,21,23,24). The first kappa shape index (κ1) is 16.5. The highest BCUT2D eigenvalue weighted by Crippen LogP contribution is 2.33. The molecule has 0 radical (unpaired) electrons. The van der Waals surface area contributed by atoms with Gasteiger partial charge in [-0.15, -0.1) is 0 Å². The van der Waals surface area contributed by atoms with Crippen LogP contribution in [0.5, 0.6) is 0 Å². The average molecular weight is 361 g/mol. The van der Waals surface area contributed by atoms with Crippen LogP contribution in [0.15, 0.2) is 42.9 Å². The molecule has 0 atom stereocenters. The lowest BCUT2D eigenvalue weighted by molar-refractivity contribution is 0.0208. The quantitative estimate of drug-likeness (QED) is 0.755. The highest BCUT2D eigenvalue weighted by Gasteiger charge is 2.23. The molecule has 0 spiro atoms. The molecule has 3 aromatic rings. The average Bonchev–Trinajstić information content (AvgIpc) is 3.04. The lowest BCUT2D eigenvalue weighted by atomic mass is 10.1. The summed E-state index contributed by atoms with van der Waals surface area (Å²) in [4.78, 5) is 12.5. The first-order valence-electron chi connectivity index (χ1n) is 7.90. The van der Waals surface area contributed by atoms with E-state index in [0.717, 1.165) is 10.9 Å². The zero-order valence-electron chi connectivity index (χ0n) is 13.4. The first-order valence-corrected chi connectivity index (χ1v) is 7.90. The van der Waals surface area contributed by atoms with Gasteiger partial charge in [-0.05, 0) is 30.3 Å². The second kappa shape index (κ2) is 6.75. The van der Waals surface area contributed by atoms with Gasteiger partial charge in [0.15, 0.2) is 0 Å². The summed E-state index contributed by atoms with van der Waals surface area (Å²) >= 11 is 0. The summed E-state index contributed by atoms with van der Waals surface area (Å²) in [5, 5.41) is 3.08. The molecule has 0 unspecified atom stereocenters. The van der Waals surface area contributed by atoms with Gasteiger partial charge in [0.25, 0.3) is 0 Å². The van der Waals surface area contributed by atoms with Crippen molar-refractivity contribution in [2.75, 3.05) is 18.5 Å². The van der Waals surface area contributed by atoms with E-state index >= 15 is 0 Å². The van der Waals surface area contributed by atoms with Crippen LogP contribution in [0, 0.1) is 5.82 Å². The van der Waals surface area contributed by atoms with Crippen LogP contribution in [0.4, 0.5) is 19.1 Å². The van der Waals surface area contributed by atoms with Crippen LogP contribution in [-0.2, 0) is 4.74 Å². The molecule has 134 valence electrons. The van der Waals surface area contributed by atoms with Crippen LogP contribution < -0.4 is 5.32 Å². The predicted molar refractivity (Wildman–Crippen MR) is 88.1 cm³/mol. The van der Waals surface area contributed by atoms with Gasteiger partial charge in [0, 0.05) is 11.8 Å². The molecule has 0 saturated carbocycles. The molecule has 1 N–H and O–H groups in total. The monoisotopic (exact) mass is 361 g/mol. The first-order chi connectivity index (χ1) is 12.6. The Balaban J connectivity index is 1.78. The van der Waals surface area contributed by atoms with E-state index in [9.17, 15) is 13.2 Å². The third-order valence-corrected chi connectivity index (χ3v) is 3.99. The van der Waals surface area contributed by atoms with E-state index in [4.69, 9.17) is 4.74 Å². The van der Waals surface area contributed by atoms with E-state index in [1.54, 1.807) is 0 Å². The Morgan fingerprint density at radius 2 is 1.88 bits per heavy atom. The molecule has 0 amide bonds. The van der Waals surface area contributed by atoms with E-state index in [1.165, 1.54) is 36.5 Å². The lowest BCUT2D eigenvalue weighted by Gasteiger charge is -2.26. The van der Waals surface area contributed by atoms with Crippen molar-refractivity contribution in [1.29, 1.82) is 0 Å². The summed E-state index contributed by atoms with van der Waals surface area (Å²) in [6.07, 6.45) is 2.54. The van der Waals surface area contributed by atoms with Crippen molar-refractivity contribution in [2.24, 2.45) is 0 Å². The van der Waals surface area contributed by atoms with Crippen LogP contribution in [0.25, 0.3) is 22.6 Å². The Labute approximate surface area is 146 Å². The van der Waals surface area contributed by atoms with Crippen LogP contribution in [0.1, 0.15) is 6.55 Å². The van der Waals surface area contributed by atoms with Crippen molar-refractivity contribution in [3.05, 3.63) is 48.7 Å². The van der Waals surface area contributed by atoms with Crippen molar-refractivity contribution in [2.45, 2.75) is 12.6 Å². The minimum atomic E-state index is -2.79. The van der Waals surface area contributed by atoms with Gasteiger partial charge in [0.2, 0.25) is 5.95 Å². The highest BCUT2D eigenvalue weighted by molar-refractivity contribution is 5.77. The third kappa shape index (κ3) is 3.13. The number of nitrogens with zero attached hydrogens (tertiary/aromatic N) is 4. The molecular weight excluding hydrogens is 347 g/mol.